The van der Waals surface area contributed by atoms with Crippen LogP contribution in [0.5, 0.6) is 0 Å². The lowest BCUT2D eigenvalue weighted by Crippen LogP contribution is -2.45. The van der Waals surface area contributed by atoms with Crippen LogP contribution >= 0.6 is 24.8 Å². The molecule has 0 saturated carbocycles. The highest BCUT2D eigenvalue weighted by Gasteiger charge is 2.20. The largest absolute Gasteiger partial charge is 0.385 e. The normalized spacial score (nSPS) is 17.5. The first-order chi connectivity index (χ1) is 9.11. The van der Waals surface area contributed by atoms with Gasteiger partial charge in [0.05, 0.1) is 0 Å². The van der Waals surface area contributed by atoms with Gasteiger partial charge in [-0.25, -0.2) is 0 Å². The number of halogens is 2. The first-order valence-electron chi connectivity index (χ1n) is 7.38. The van der Waals surface area contributed by atoms with Crippen molar-refractivity contribution in [3.63, 3.8) is 0 Å². The Morgan fingerprint density at radius 2 is 2.00 bits per heavy atom. The molecule has 0 radical (unpaired) electrons. The number of hydrogen-bond acceptors (Lipinski definition) is 4. The van der Waals surface area contributed by atoms with Crippen molar-refractivity contribution in [3.05, 3.63) is 0 Å². The van der Waals surface area contributed by atoms with E-state index >= 15 is 0 Å². The Kier molecular flexibility index (Phi) is 15.0. The topological polar surface area (TPSA) is 67.6 Å². The van der Waals surface area contributed by atoms with Crippen molar-refractivity contribution in [2.45, 2.75) is 51.1 Å². The Hall–Kier alpha value is -0.0700. The van der Waals surface area contributed by atoms with Crippen LogP contribution in [0.2, 0.25) is 0 Å². The summed E-state index contributed by atoms with van der Waals surface area (Å²) in [7, 11) is 1.74. The smallest absolute Gasteiger partial charge is 0.220 e. The summed E-state index contributed by atoms with van der Waals surface area (Å²) in [4.78, 5) is 14.2. The number of carbonyl (C=O) groups excluding carboxylic acids is 1. The summed E-state index contributed by atoms with van der Waals surface area (Å²) in [6.45, 7) is 6.00. The molecule has 0 spiro atoms. The van der Waals surface area contributed by atoms with Crippen LogP contribution < -0.4 is 11.1 Å². The summed E-state index contributed by atoms with van der Waals surface area (Å²) in [5.41, 5.74) is 5.65. The van der Waals surface area contributed by atoms with Gasteiger partial charge in [-0.2, -0.15) is 0 Å². The van der Waals surface area contributed by atoms with Crippen molar-refractivity contribution in [3.8, 4) is 0 Å². The lowest BCUT2D eigenvalue weighted by Gasteiger charge is -2.32. The van der Waals surface area contributed by atoms with Crippen molar-refractivity contribution in [2.24, 2.45) is 5.73 Å². The Morgan fingerprint density at radius 3 is 2.52 bits per heavy atom. The fourth-order valence-corrected chi connectivity index (χ4v) is 2.39. The average Bonchev–Trinajstić information content (AvgIpc) is 2.39. The predicted molar refractivity (Wildman–Crippen MR) is 91.5 cm³/mol. The van der Waals surface area contributed by atoms with E-state index < -0.39 is 0 Å². The third-order valence-corrected chi connectivity index (χ3v) is 3.60. The second kappa shape index (κ2) is 13.6. The van der Waals surface area contributed by atoms with E-state index in [-0.39, 0.29) is 36.8 Å². The molecule has 0 aliphatic carbocycles. The number of nitrogens with zero attached hydrogens (tertiary/aromatic N) is 1. The van der Waals surface area contributed by atoms with E-state index in [1.807, 2.05) is 6.92 Å². The number of piperidine rings is 1. The van der Waals surface area contributed by atoms with Crippen LogP contribution in [-0.2, 0) is 9.53 Å². The van der Waals surface area contributed by atoms with E-state index in [4.69, 9.17) is 10.5 Å². The molecule has 1 aliphatic rings. The molecule has 1 atom stereocenters. The van der Waals surface area contributed by atoms with E-state index in [0.29, 0.717) is 12.5 Å². The van der Waals surface area contributed by atoms with Gasteiger partial charge in [0.25, 0.3) is 0 Å². The van der Waals surface area contributed by atoms with Crippen LogP contribution in [0.1, 0.15) is 39.0 Å². The van der Waals surface area contributed by atoms with Crippen molar-refractivity contribution in [1.29, 1.82) is 0 Å². The Balaban J connectivity index is 0. The molecule has 3 N–H and O–H groups in total. The number of ether oxygens (including phenoxy) is 1. The molecule has 1 unspecified atom stereocenters. The third-order valence-electron chi connectivity index (χ3n) is 3.60. The highest BCUT2D eigenvalue weighted by Crippen LogP contribution is 2.11. The number of amides is 1. The molecule has 1 fully saturated rings. The summed E-state index contributed by atoms with van der Waals surface area (Å²) in [6.07, 6.45) is 4.50. The van der Waals surface area contributed by atoms with Gasteiger partial charge in [0, 0.05) is 51.9 Å². The number of methoxy groups -OCH3 is 1. The fourth-order valence-electron chi connectivity index (χ4n) is 2.39. The van der Waals surface area contributed by atoms with Crippen LogP contribution in [-0.4, -0.2) is 56.2 Å². The molecule has 5 nitrogen and oxygen atoms in total. The molecule has 0 aromatic heterocycles. The van der Waals surface area contributed by atoms with Gasteiger partial charge >= 0.3 is 0 Å². The van der Waals surface area contributed by atoms with E-state index in [0.717, 1.165) is 51.9 Å². The lowest BCUT2D eigenvalue weighted by atomic mass is 10.0. The van der Waals surface area contributed by atoms with Crippen LogP contribution in [0.15, 0.2) is 0 Å². The molecule has 128 valence electrons. The second-order valence-electron chi connectivity index (χ2n) is 5.55. The van der Waals surface area contributed by atoms with Gasteiger partial charge < -0.3 is 20.7 Å². The fraction of sp³-hybridized carbons (Fsp3) is 0.929. The first kappa shape index (κ1) is 23.2. The van der Waals surface area contributed by atoms with Gasteiger partial charge in [-0.3, -0.25) is 4.79 Å². The SMILES string of the molecule is COCCCN1CCC(NC(=O)CCC(C)N)CC1.Cl.Cl. The van der Waals surface area contributed by atoms with Gasteiger partial charge in [0.2, 0.25) is 5.91 Å². The number of rotatable bonds is 8. The minimum Gasteiger partial charge on any atom is -0.385 e. The maximum absolute atomic E-state index is 11.7. The molecular weight excluding hydrogens is 313 g/mol. The minimum absolute atomic E-state index is 0. The lowest BCUT2D eigenvalue weighted by molar-refractivity contribution is -0.122. The zero-order valence-electron chi connectivity index (χ0n) is 13.2. The first-order valence-corrected chi connectivity index (χ1v) is 7.38. The summed E-state index contributed by atoms with van der Waals surface area (Å²) in [6, 6.07) is 0.452. The van der Waals surface area contributed by atoms with Gasteiger partial charge in [-0.05, 0) is 32.6 Å². The van der Waals surface area contributed by atoms with Crippen molar-refractivity contribution < 1.29 is 9.53 Å². The highest BCUT2D eigenvalue weighted by atomic mass is 35.5. The Morgan fingerprint density at radius 1 is 1.38 bits per heavy atom. The maximum atomic E-state index is 11.7. The van der Waals surface area contributed by atoms with Gasteiger partial charge in [-0.15, -0.1) is 24.8 Å². The van der Waals surface area contributed by atoms with E-state index in [1.54, 1.807) is 7.11 Å². The maximum Gasteiger partial charge on any atom is 0.220 e. The van der Waals surface area contributed by atoms with Gasteiger partial charge in [0.15, 0.2) is 0 Å². The molecule has 7 heteroatoms. The predicted octanol–water partition coefficient (Wildman–Crippen LogP) is 1.57. The molecular formula is C14H31Cl2N3O2. The molecule has 0 aromatic carbocycles. The summed E-state index contributed by atoms with van der Waals surface area (Å²) in [5.74, 6) is 0.148. The Labute approximate surface area is 141 Å². The highest BCUT2D eigenvalue weighted by molar-refractivity contribution is 5.85. The van der Waals surface area contributed by atoms with Crippen LogP contribution in [0.25, 0.3) is 0 Å². The number of nitrogens with two attached hydrogens (primary N) is 1. The monoisotopic (exact) mass is 343 g/mol. The molecule has 1 amide bonds. The van der Waals surface area contributed by atoms with Gasteiger partial charge in [-0.1, -0.05) is 0 Å². The molecule has 0 bridgehead atoms. The standard InChI is InChI=1S/C14H29N3O2.2ClH/c1-12(15)4-5-14(18)16-13-6-9-17(10-7-13)8-3-11-19-2;;/h12-13H,3-11,15H2,1-2H3,(H,16,18);2*1H. The number of hydrogen-bond donors (Lipinski definition) is 2. The quantitative estimate of drug-likeness (QED) is 0.656. The molecule has 0 aromatic rings. The molecule has 1 saturated heterocycles. The third kappa shape index (κ3) is 11.2. The molecule has 1 rings (SSSR count). The van der Waals surface area contributed by atoms with Crippen LogP contribution in [0.3, 0.4) is 0 Å². The summed E-state index contributed by atoms with van der Waals surface area (Å²) >= 11 is 0. The van der Waals surface area contributed by atoms with Gasteiger partial charge in [0.1, 0.15) is 0 Å². The van der Waals surface area contributed by atoms with Crippen LogP contribution in [0.4, 0.5) is 0 Å². The summed E-state index contributed by atoms with van der Waals surface area (Å²) < 4.78 is 5.06. The van der Waals surface area contributed by atoms with Crippen molar-refractivity contribution in [2.75, 3.05) is 33.4 Å². The van der Waals surface area contributed by atoms with Crippen molar-refractivity contribution in [1.82, 2.24) is 10.2 Å². The molecule has 21 heavy (non-hydrogen) atoms. The van der Waals surface area contributed by atoms with E-state index in [9.17, 15) is 4.79 Å². The number of nitrogens with one attached hydrogen (secondary N) is 1. The zero-order chi connectivity index (χ0) is 14.1. The molecule has 1 aliphatic heterocycles. The number of likely N-dealkylation sites (tertiary alicyclic amines) is 1. The summed E-state index contributed by atoms with van der Waals surface area (Å²) in [5, 5.41) is 3.12. The van der Waals surface area contributed by atoms with E-state index in [1.165, 1.54) is 0 Å². The minimum atomic E-state index is 0. The average molecular weight is 344 g/mol. The zero-order valence-corrected chi connectivity index (χ0v) is 14.8. The van der Waals surface area contributed by atoms with E-state index in [2.05, 4.69) is 10.2 Å². The van der Waals surface area contributed by atoms with Crippen molar-refractivity contribution >= 4 is 30.7 Å². The molecule has 1 heterocycles. The second-order valence-corrected chi connectivity index (χ2v) is 5.55. The Bertz CT molecular complexity index is 261. The van der Waals surface area contributed by atoms with Crippen LogP contribution in [0, 0.1) is 0 Å². The number of carbonyl (C=O) groups is 1.